The van der Waals surface area contributed by atoms with Crippen molar-refractivity contribution in [2.45, 2.75) is 6.54 Å². The lowest BCUT2D eigenvalue weighted by molar-refractivity contribution is 0.886. The van der Waals surface area contributed by atoms with E-state index in [2.05, 4.69) is 25.9 Å². The van der Waals surface area contributed by atoms with E-state index in [0.29, 0.717) is 16.2 Å². The summed E-state index contributed by atoms with van der Waals surface area (Å²) < 4.78 is 0.691. The summed E-state index contributed by atoms with van der Waals surface area (Å²) in [6.45, 7) is 0.687. The molecule has 0 amide bonds. The van der Waals surface area contributed by atoms with Crippen LogP contribution in [0, 0.1) is 0 Å². The quantitative estimate of drug-likeness (QED) is 0.780. The van der Waals surface area contributed by atoms with Gasteiger partial charge >= 0.3 is 0 Å². The first-order valence-electron chi connectivity index (χ1n) is 5.19. The van der Waals surface area contributed by atoms with Gasteiger partial charge in [0.05, 0.1) is 4.47 Å². The van der Waals surface area contributed by atoms with Gasteiger partial charge in [0.2, 0.25) is 0 Å². The molecule has 0 unspecified atom stereocenters. The summed E-state index contributed by atoms with van der Waals surface area (Å²) in [6, 6.07) is 7.71. The average molecular weight is 347 g/mol. The van der Waals surface area contributed by atoms with Gasteiger partial charge in [0, 0.05) is 18.6 Å². The standard InChI is InChI=1S/C12H10BrCl2N3/c1-18(6-8-3-2-4-9(14)5-8)12-10(13)11(15)16-7-17-12/h2-5,7H,6H2,1H3. The molecule has 2 aromatic rings. The van der Waals surface area contributed by atoms with Crippen LogP contribution in [-0.2, 0) is 6.54 Å². The maximum absolute atomic E-state index is 5.96. The lowest BCUT2D eigenvalue weighted by Gasteiger charge is -2.19. The van der Waals surface area contributed by atoms with Gasteiger partial charge in [-0.2, -0.15) is 0 Å². The van der Waals surface area contributed by atoms with Crippen molar-refractivity contribution < 1.29 is 0 Å². The van der Waals surface area contributed by atoms with Gasteiger partial charge in [0.1, 0.15) is 17.3 Å². The van der Waals surface area contributed by atoms with Crippen LogP contribution in [0.2, 0.25) is 10.2 Å². The fourth-order valence-electron chi connectivity index (χ4n) is 1.59. The first-order chi connectivity index (χ1) is 8.58. The minimum atomic E-state index is 0.401. The van der Waals surface area contributed by atoms with Gasteiger partial charge in [0.25, 0.3) is 0 Å². The Bertz CT molecular complexity index is 563. The molecule has 3 nitrogen and oxygen atoms in total. The number of nitrogens with zero attached hydrogens (tertiary/aromatic N) is 3. The lowest BCUT2D eigenvalue weighted by atomic mass is 10.2. The smallest absolute Gasteiger partial charge is 0.148 e. The second kappa shape index (κ2) is 5.87. The van der Waals surface area contributed by atoms with E-state index in [0.717, 1.165) is 16.4 Å². The Morgan fingerprint density at radius 3 is 2.78 bits per heavy atom. The van der Waals surface area contributed by atoms with Crippen molar-refractivity contribution >= 4 is 44.9 Å². The fraction of sp³-hybridized carbons (Fsp3) is 0.167. The van der Waals surface area contributed by atoms with Crippen LogP contribution in [0.1, 0.15) is 5.56 Å². The van der Waals surface area contributed by atoms with Crippen LogP contribution in [-0.4, -0.2) is 17.0 Å². The molecule has 0 spiro atoms. The predicted octanol–water partition coefficient (Wildman–Crippen LogP) is 4.18. The van der Waals surface area contributed by atoms with Gasteiger partial charge in [-0.15, -0.1) is 0 Å². The van der Waals surface area contributed by atoms with Crippen molar-refractivity contribution in [2.75, 3.05) is 11.9 Å². The summed E-state index contributed by atoms with van der Waals surface area (Å²) in [5.74, 6) is 0.745. The van der Waals surface area contributed by atoms with Gasteiger partial charge in [-0.3, -0.25) is 0 Å². The SMILES string of the molecule is CN(Cc1cccc(Cl)c1)c1ncnc(Cl)c1Br. The Morgan fingerprint density at radius 1 is 1.28 bits per heavy atom. The highest BCUT2D eigenvalue weighted by molar-refractivity contribution is 9.10. The summed E-state index contributed by atoms with van der Waals surface area (Å²) in [5.41, 5.74) is 1.10. The normalized spacial score (nSPS) is 10.4. The summed E-state index contributed by atoms with van der Waals surface area (Å²) in [7, 11) is 1.93. The molecule has 0 saturated heterocycles. The van der Waals surface area contributed by atoms with Gasteiger partial charge in [0.15, 0.2) is 0 Å². The number of hydrogen-bond donors (Lipinski definition) is 0. The van der Waals surface area contributed by atoms with Crippen LogP contribution in [0.5, 0.6) is 0 Å². The Balaban J connectivity index is 2.22. The van der Waals surface area contributed by atoms with Gasteiger partial charge in [-0.25, -0.2) is 9.97 Å². The van der Waals surface area contributed by atoms with E-state index < -0.39 is 0 Å². The number of benzene rings is 1. The summed E-state index contributed by atoms with van der Waals surface area (Å²) in [5, 5.41) is 1.12. The van der Waals surface area contributed by atoms with Crippen LogP contribution in [0.4, 0.5) is 5.82 Å². The average Bonchev–Trinajstić information content (AvgIpc) is 2.32. The third-order valence-electron chi connectivity index (χ3n) is 2.40. The Kier molecular flexibility index (Phi) is 4.43. The topological polar surface area (TPSA) is 29.0 Å². The summed E-state index contributed by atoms with van der Waals surface area (Å²) in [4.78, 5) is 10.1. The second-order valence-electron chi connectivity index (χ2n) is 3.79. The van der Waals surface area contributed by atoms with Crippen LogP contribution < -0.4 is 4.90 Å². The van der Waals surface area contributed by atoms with E-state index in [9.17, 15) is 0 Å². The van der Waals surface area contributed by atoms with Crippen molar-refractivity contribution in [3.05, 3.63) is 50.8 Å². The highest BCUT2D eigenvalue weighted by Crippen LogP contribution is 2.29. The van der Waals surface area contributed by atoms with Crippen LogP contribution >= 0.6 is 39.1 Å². The molecular weight excluding hydrogens is 337 g/mol. The first kappa shape index (κ1) is 13.6. The Morgan fingerprint density at radius 2 is 2.06 bits per heavy atom. The molecule has 94 valence electrons. The molecule has 0 bridgehead atoms. The zero-order valence-corrected chi connectivity index (χ0v) is 12.7. The maximum atomic E-state index is 5.96. The molecule has 0 saturated carbocycles. The molecule has 0 N–H and O–H groups in total. The fourth-order valence-corrected chi connectivity index (χ4v) is 2.44. The lowest BCUT2D eigenvalue weighted by Crippen LogP contribution is -2.18. The predicted molar refractivity (Wildman–Crippen MR) is 78.3 cm³/mol. The number of hydrogen-bond acceptors (Lipinski definition) is 3. The third kappa shape index (κ3) is 3.13. The van der Waals surface area contributed by atoms with E-state index >= 15 is 0 Å². The highest BCUT2D eigenvalue weighted by atomic mass is 79.9. The molecule has 1 heterocycles. The molecule has 0 atom stereocenters. The van der Waals surface area contributed by atoms with Gasteiger partial charge < -0.3 is 4.90 Å². The van der Waals surface area contributed by atoms with Crippen molar-refractivity contribution in [3.8, 4) is 0 Å². The van der Waals surface area contributed by atoms with Gasteiger partial charge in [-0.1, -0.05) is 35.3 Å². The molecular formula is C12H10BrCl2N3. The van der Waals surface area contributed by atoms with Crippen LogP contribution in [0.3, 0.4) is 0 Å². The molecule has 0 fully saturated rings. The maximum Gasteiger partial charge on any atom is 0.148 e. The summed E-state index contributed by atoms with van der Waals surface area (Å²) in [6.07, 6.45) is 1.44. The highest BCUT2D eigenvalue weighted by Gasteiger charge is 2.11. The largest absolute Gasteiger partial charge is 0.354 e. The third-order valence-corrected chi connectivity index (χ3v) is 3.88. The van der Waals surface area contributed by atoms with Crippen LogP contribution in [0.15, 0.2) is 35.1 Å². The first-order valence-corrected chi connectivity index (χ1v) is 6.74. The van der Waals surface area contributed by atoms with E-state index in [-0.39, 0.29) is 0 Å². The van der Waals surface area contributed by atoms with E-state index in [4.69, 9.17) is 23.2 Å². The number of halogens is 3. The van der Waals surface area contributed by atoms with Gasteiger partial charge in [-0.05, 0) is 33.6 Å². The van der Waals surface area contributed by atoms with E-state index in [1.165, 1.54) is 6.33 Å². The molecule has 6 heteroatoms. The van der Waals surface area contributed by atoms with Crippen molar-refractivity contribution in [2.24, 2.45) is 0 Å². The molecule has 0 aliphatic carbocycles. The molecule has 0 aliphatic heterocycles. The molecule has 1 aromatic heterocycles. The molecule has 1 aromatic carbocycles. The van der Waals surface area contributed by atoms with E-state index in [1.807, 2.05) is 36.2 Å². The van der Waals surface area contributed by atoms with Crippen molar-refractivity contribution in [3.63, 3.8) is 0 Å². The van der Waals surface area contributed by atoms with Crippen LogP contribution in [0.25, 0.3) is 0 Å². The number of anilines is 1. The summed E-state index contributed by atoms with van der Waals surface area (Å²) >= 11 is 15.3. The minimum Gasteiger partial charge on any atom is -0.354 e. The number of aromatic nitrogens is 2. The second-order valence-corrected chi connectivity index (χ2v) is 5.38. The van der Waals surface area contributed by atoms with Crippen molar-refractivity contribution in [1.82, 2.24) is 9.97 Å². The Labute approximate surface area is 124 Å². The number of rotatable bonds is 3. The Hall–Kier alpha value is -0.840. The zero-order valence-electron chi connectivity index (χ0n) is 9.57. The molecule has 2 rings (SSSR count). The molecule has 0 aliphatic rings. The zero-order chi connectivity index (χ0) is 13.1. The monoisotopic (exact) mass is 345 g/mol. The molecule has 18 heavy (non-hydrogen) atoms. The molecule has 0 radical (unpaired) electrons. The van der Waals surface area contributed by atoms with Crippen molar-refractivity contribution in [1.29, 1.82) is 0 Å². The minimum absolute atomic E-state index is 0.401. The van der Waals surface area contributed by atoms with E-state index in [1.54, 1.807) is 0 Å².